The molecule has 0 aliphatic heterocycles. The fourth-order valence-corrected chi connectivity index (χ4v) is 1.52. The van der Waals surface area contributed by atoms with Gasteiger partial charge in [0.15, 0.2) is 0 Å². The molecule has 0 heterocycles. The molecular weight excluding hydrogens is 220 g/mol. The number of aromatic hydroxyl groups is 3. The molecule has 0 aromatic heterocycles. The van der Waals surface area contributed by atoms with Crippen molar-refractivity contribution < 1.29 is 20.1 Å². The van der Waals surface area contributed by atoms with Gasteiger partial charge in [0, 0.05) is 5.56 Å². The van der Waals surface area contributed by atoms with Crippen molar-refractivity contribution in [3.63, 3.8) is 0 Å². The van der Waals surface area contributed by atoms with E-state index in [0.717, 1.165) is 0 Å². The molecule has 86 valence electrons. The lowest BCUT2D eigenvalue weighted by atomic mass is 10.0. The minimum absolute atomic E-state index is 0.0445. The van der Waals surface area contributed by atoms with Crippen LogP contribution in [0.4, 0.5) is 0 Å². The SMILES string of the molecule is O=C(c1ccc(O)cc1)c1c(O)cccc1O. The monoisotopic (exact) mass is 230 g/mol. The number of carbonyl (C=O) groups is 1. The minimum Gasteiger partial charge on any atom is -0.508 e. The first-order chi connectivity index (χ1) is 8.09. The Hall–Kier alpha value is -2.49. The van der Waals surface area contributed by atoms with Crippen molar-refractivity contribution in [2.75, 3.05) is 0 Å². The van der Waals surface area contributed by atoms with Crippen molar-refractivity contribution in [1.29, 1.82) is 0 Å². The van der Waals surface area contributed by atoms with Crippen molar-refractivity contribution in [2.24, 2.45) is 0 Å². The van der Waals surface area contributed by atoms with Gasteiger partial charge in [-0.2, -0.15) is 0 Å². The normalized spacial score (nSPS) is 10.1. The summed E-state index contributed by atoms with van der Waals surface area (Å²) in [6.45, 7) is 0. The summed E-state index contributed by atoms with van der Waals surface area (Å²) in [5.74, 6) is -1.00. The van der Waals surface area contributed by atoms with Gasteiger partial charge in [-0.05, 0) is 36.4 Å². The van der Waals surface area contributed by atoms with Crippen LogP contribution < -0.4 is 0 Å². The molecule has 0 spiro atoms. The molecule has 17 heavy (non-hydrogen) atoms. The summed E-state index contributed by atoms with van der Waals surface area (Å²) >= 11 is 0. The molecule has 2 rings (SSSR count). The third-order valence-corrected chi connectivity index (χ3v) is 2.38. The zero-order valence-electron chi connectivity index (χ0n) is 8.79. The Labute approximate surface area is 97.4 Å². The van der Waals surface area contributed by atoms with Crippen LogP contribution in [0.25, 0.3) is 0 Å². The van der Waals surface area contributed by atoms with Gasteiger partial charge < -0.3 is 15.3 Å². The summed E-state index contributed by atoms with van der Waals surface area (Å²) in [4.78, 5) is 12.0. The van der Waals surface area contributed by atoms with E-state index < -0.39 is 5.78 Å². The Kier molecular flexibility index (Phi) is 2.70. The molecule has 0 aliphatic rings. The molecule has 0 radical (unpaired) electrons. The minimum atomic E-state index is -0.499. The Morgan fingerprint density at radius 3 is 1.88 bits per heavy atom. The van der Waals surface area contributed by atoms with Crippen LogP contribution in [0.1, 0.15) is 15.9 Å². The number of phenols is 3. The third-order valence-electron chi connectivity index (χ3n) is 2.38. The lowest BCUT2D eigenvalue weighted by Gasteiger charge is -2.06. The maximum Gasteiger partial charge on any atom is 0.200 e. The molecule has 3 N–H and O–H groups in total. The van der Waals surface area contributed by atoms with Gasteiger partial charge in [0.2, 0.25) is 5.78 Å². The van der Waals surface area contributed by atoms with Crippen LogP contribution in [0.15, 0.2) is 42.5 Å². The van der Waals surface area contributed by atoms with Crippen molar-refractivity contribution in [2.45, 2.75) is 0 Å². The highest BCUT2D eigenvalue weighted by molar-refractivity contribution is 6.12. The fraction of sp³-hybridized carbons (Fsp3) is 0. The number of hydrogen-bond acceptors (Lipinski definition) is 4. The van der Waals surface area contributed by atoms with Crippen molar-refractivity contribution in [1.82, 2.24) is 0 Å². The Balaban J connectivity index is 2.47. The van der Waals surface area contributed by atoms with Gasteiger partial charge in [-0.3, -0.25) is 4.79 Å². The Morgan fingerprint density at radius 1 is 0.824 bits per heavy atom. The molecule has 0 saturated heterocycles. The van der Waals surface area contributed by atoms with Crippen molar-refractivity contribution >= 4 is 5.78 Å². The number of benzene rings is 2. The molecule has 0 amide bonds. The van der Waals surface area contributed by atoms with Gasteiger partial charge in [0.05, 0.1) is 0 Å². The summed E-state index contributed by atoms with van der Waals surface area (Å²) in [6, 6.07) is 9.67. The second-order valence-corrected chi connectivity index (χ2v) is 3.55. The highest BCUT2D eigenvalue weighted by Crippen LogP contribution is 2.29. The van der Waals surface area contributed by atoms with Gasteiger partial charge in [-0.25, -0.2) is 0 Å². The van der Waals surface area contributed by atoms with Crippen LogP contribution in [-0.4, -0.2) is 21.1 Å². The quantitative estimate of drug-likeness (QED) is 0.690. The highest BCUT2D eigenvalue weighted by Gasteiger charge is 2.17. The van der Waals surface area contributed by atoms with Crippen LogP contribution in [0.5, 0.6) is 17.2 Å². The second kappa shape index (κ2) is 4.17. The fourth-order valence-electron chi connectivity index (χ4n) is 1.52. The van der Waals surface area contributed by atoms with E-state index >= 15 is 0 Å². The average molecular weight is 230 g/mol. The van der Waals surface area contributed by atoms with E-state index in [0.29, 0.717) is 0 Å². The van der Waals surface area contributed by atoms with E-state index in [1.807, 2.05) is 0 Å². The first kappa shape index (κ1) is 11.0. The molecule has 0 saturated carbocycles. The lowest BCUT2D eigenvalue weighted by Crippen LogP contribution is -2.01. The van der Waals surface area contributed by atoms with Crippen LogP contribution in [-0.2, 0) is 0 Å². The summed E-state index contributed by atoms with van der Waals surface area (Å²) < 4.78 is 0. The number of hydrogen-bond donors (Lipinski definition) is 3. The zero-order valence-corrected chi connectivity index (χ0v) is 8.79. The van der Waals surface area contributed by atoms with Crippen molar-refractivity contribution in [3.8, 4) is 17.2 Å². The van der Waals surface area contributed by atoms with Gasteiger partial charge >= 0.3 is 0 Å². The molecule has 2 aromatic rings. The molecule has 2 aromatic carbocycles. The van der Waals surface area contributed by atoms with Crippen LogP contribution in [0.3, 0.4) is 0 Å². The maximum atomic E-state index is 12.0. The van der Waals surface area contributed by atoms with Gasteiger partial charge in [0.25, 0.3) is 0 Å². The van der Waals surface area contributed by atoms with Gasteiger partial charge in [-0.15, -0.1) is 0 Å². The van der Waals surface area contributed by atoms with Gasteiger partial charge in [-0.1, -0.05) is 6.07 Å². The average Bonchev–Trinajstić information content (AvgIpc) is 2.29. The van der Waals surface area contributed by atoms with Crippen molar-refractivity contribution in [3.05, 3.63) is 53.6 Å². The summed E-state index contributed by atoms with van der Waals surface area (Å²) in [5.41, 5.74) is 0.137. The largest absolute Gasteiger partial charge is 0.508 e. The van der Waals surface area contributed by atoms with E-state index in [-0.39, 0.29) is 28.4 Å². The molecule has 0 unspecified atom stereocenters. The lowest BCUT2D eigenvalue weighted by molar-refractivity contribution is 0.103. The topological polar surface area (TPSA) is 77.8 Å². The van der Waals surface area contributed by atoms with E-state index in [9.17, 15) is 15.0 Å². The standard InChI is InChI=1S/C13H10O4/c14-9-6-4-8(5-7-9)13(17)12-10(15)2-1-3-11(12)16/h1-7,14-16H. The Bertz CT molecular complexity index is 538. The molecule has 0 fully saturated rings. The first-order valence-electron chi connectivity index (χ1n) is 4.94. The van der Waals surface area contributed by atoms with Crippen LogP contribution in [0.2, 0.25) is 0 Å². The number of rotatable bonds is 2. The number of ketones is 1. The molecular formula is C13H10O4. The predicted octanol–water partition coefficient (Wildman–Crippen LogP) is 2.03. The zero-order chi connectivity index (χ0) is 12.4. The summed E-state index contributed by atoms with van der Waals surface area (Å²) in [5, 5.41) is 28.2. The number of phenolic OH excluding ortho intramolecular Hbond substituents is 3. The first-order valence-corrected chi connectivity index (χ1v) is 4.94. The van der Waals surface area contributed by atoms with Crippen LogP contribution >= 0.6 is 0 Å². The van der Waals surface area contributed by atoms with E-state index in [1.165, 1.54) is 42.5 Å². The predicted molar refractivity (Wildman–Crippen MR) is 61.3 cm³/mol. The molecule has 0 atom stereocenters. The van der Waals surface area contributed by atoms with Gasteiger partial charge in [0.1, 0.15) is 22.8 Å². The second-order valence-electron chi connectivity index (χ2n) is 3.55. The molecule has 4 nitrogen and oxygen atoms in total. The molecule has 4 heteroatoms. The summed E-state index contributed by atoms with van der Waals surface area (Å²) in [6.07, 6.45) is 0. The molecule has 0 aliphatic carbocycles. The van der Waals surface area contributed by atoms with E-state index in [4.69, 9.17) is 5.11 Å². The van der Waals surface area contributed by atoms with Crippen LogP contribution in [0, 0.1) is 0 Å². The smallest absolute Gasteiger partial charge is 0.200 e. The van der Waals surface area contributed by atoms with E-state index in [1.54, 1.807) is 0 Å². The number of carbonyl (C=O) groups excluding carboxylic acids is 1. The highest BCUT2D eigenvalue weighted by atomic mass is 16.3. The third kappa shape index (κ3) is 2.06. The van der Waals surface area contributed by atoms with E-state index in [2.05, 4.69) is 0 Å². The Morgan fingerprint density at radius 2 is 1.35 bits per heavy atom. The maximum absolute atomic E-state index is 12.0. The molecule has 0 bridgehead atoms. The summed E-state index contributed by atoms with van der Waals surface area (Å²) in [7, 11) is 0.